The molecule has 0 spiro atoms. The molecule has 2 aromatic carbocycles. The standard InChI is InChI=1S/C18H14Cl2N2O4/c19-12-6-5-11(13(20)8-12)7-18(25)26-10-17(24)22-9-16(23)21-14-3-1-2-4-15(14)22/h1-6,8H,7,9-10H2,(H,21,23). The zero-order valence-electron chi connectivity index (χ0n) is 13.5. The number of para-hydroxylation sites is 2. The number of carbonyl (C=O) groups excluding carboxylic acids is 3. The second-order valence-electron chi connectivity index (χ2n) is 5.62. The van der Waals surface area contributed by atoms with Gasteiger partial charge >= 0.3 is 5.97 Å². The molecule has 0 aliphatic carbocycles. The molecule has 1 heterocycles. The van der Waals surface area contributed by atoms with Gasteiger partial charge in [0.1, 0.15) is 6.54 Å². The Balaban J connectivity index is 1.62. The van der Waals surface area contributed by atoms with Crippen LogP contribution in [0.3, 0.4) is 0 Å². The Bertz CT molecular complexity index is 885. The van der Waals surface area contributed by atoms with E-state index in [0.717, 1.165) is 0 Å². The molecule has 0 saturated carbocycles. The molecule has 0 atom stereocenters. The van der Waals surface area contributed by atoms with Crippen LogP contribution in [0.1, 0.15) is 5.56 Å². The van der Waals surface area contributed by atoms with Crippen LogP contribution in [-0.4, -0.2) is 30.9 Å². The summed E-state index contributed by atoms with van der Waals surface area (Å²) in [6.45, 7) is -0.595. The highest BCUT2D eigenvalue weighted by Crippen LogP contribution is 2.29. The highest BCUT2D eigenvalue weighted by Gasteiger charge is 2.27. The van der Waals surface area contributed by atoms with E-state index in [-0.39, 0.29) is 18.9 Å². The first kappa shape index (κ1) is 18.2. The van der Waals surface area contributed by atoms with Gasteiger partial charge in [0.25, 0.3) is 5.91 Å². The number of nitrogens with zero attached hydrogens (tertiary/aromatic N) is 1. The molecule has 1 N–H and O–H groups in total. The lowest BCUT2D eigenvalue weighted by Crippen LogP contribution is -2.44. The molecule has 0 fully saturated rings. The highest BCUT2D eigenvalue weighted by atomic mass is 35.5. The van der Waals surface area contributed by atoms with E-state index in [4.69, 9.17) is 27.9 Å². The number of hydrogen-bond donors (Lipinski definition) is 1. The van der Waals surface area contributed by atoms with Gasteiger partial charge in [-0.15, -0.1) is 0 Å². The molecule has 1 aliphatic heterocycles. The molecule has 0 bridgehead atoms. The van der Waals surface area contributed by atoms with E-state index in [1.165, 1.54) is 11.0 Å². The summed E-state index contributed by atoms with van der Waals surface area (Å²) in [5.74, 6) is -1.39. The van der Waals surface area contributed by atoms with Crippen molar-refractivity contribution in [2.45, 2.75) is 6.42 Å². The van der Waals surface area contributed by atoms with Gasteiger partial charge < -0.3 is 10.1 Å². The van der Waals surface area contributed by atoms with Gasteiger partial charge in [0.2, 0.25) is 5.91 Å². The van der Waals surface area contributed by atoms with Crippen LogP contribution >= 0.6 is 23.2 Å². The second-order valence-corrected chi connectivity index (χ2v) is 6.46. The van der Waals surface area contributed by atoms with Gasteiger partial charge in [-0.3, -0.25) is 19.3 Å². The fraction of sp³-hybridized carbons (Fsp3) is 0.167. The lowest BCUT2D eigenvalue weighted by atomic mass is 10.1. The summed E-state index contributed by atoms with van der Waals surface area (Å²) in [7, 11) is 0. The number of rotatable bonds is 4. The Hall–Kier alpha value is -2.57. The van der Waals surface area contributed by atoms with Gasteiger partial charge in [-0.05, 0) is 29.8 Å². The zero-order valence-corrected chi connectivity index (χ0v) is 15.0. The van der Waals surface area contributed by atoms with Crippen molar-refractivity contribution in [2.24, 2.45) is 0 Å². The Morgan fingerprint density at radius 3 is 2.69 bits per heavy atom. The van der Waals surface area contributed by atoms with Crippen LogP contribution < -0.4 is 10.2 Å². The molecule has 2 aromatic rings. The van der Waals surface area contributed by atoms with Crippen molar-refractivity contribution in [2.75, 3.05) is 23.4 Å². The normalized spacial score (nSPS) is 13.0. The maximum absolute atomic E-state index is 12.4. The molecular weight excluding hydrogens is 379 g/mol. The lowest BCUT2D eigenvalue weighted by molar-refractivity contribution is -0.147. The number of nitrogens with one attached hydrogen (secondary N) is 1. The minimum absolute atomic E-state index is 0.0830. The lowest BCUT2D eigenvalue weighted by Gasteiger charge is -2.28. The Morgan fingerprint density at radius 2 is 1.92 bits per heavy atom. The first-order valence-electron chi connectivity index (χ1n) is 7.73. The van der Waals surface area contributed by atoms with Crippen LogP contribution in [0.25, 0.3) is 0 Å². The van der Waals surface area contributed by atoms with Crippen molar-refractivity contribution in [3.8, 4) is 0 Å². The number of benzene rings is 2. The molecule has 8 heteroatoms. The minimum atomic E-state index is -0.600. The van der Waals surface area contributed by atoms with Gasteiger partial charge in [-0.25, -0.2) is 0 Å². The monoisotopic (exact) mass is 392 g/mol. The number of esters is 1. The molecule has 0 unspecified atom stereocenters. The van der Waals surface area contributed by atoms with Crippen molar-refractivity contribution in [3.05, 3.63) is 58.1 Å². The number of fused-ring (bicyclic) bond motifs is 1. The molecule has 0 saturated heterocycles. The molecule has 0 radical (unpaired) electrons. The van der Waals surface area contributed by atoms with Crippen LogP contribution in [0.5, 0.6) is 0 Å². The summed E-state index contributed by atoms with van der Waals surface area (Å²) in [5.41, 5.74) is 1.65. The smallest absolute Gasteiger partial charge is 0.310 e. The van der Waals surface area contributed by atoms with Crippen molar-refractivity contribution >= 4 is 52.4 Å². The molecular formula is C18H14Cl2N2O4. The van der Waals surface area contributed by atoms with E-state index >= 15 is 0 Å². The number of ether oxygens (including phenoxy) is 1. The van der Waals surface area contributed by atoms with Gasteiger partial charge in [-0.1, -0.05) is 41.4 Å². The SMILES string of the molecule is O=C1CN(C(=O)COC(=O)Cc2ccc(Cl)cc2Cl)c2ccccc2N1. The number of anilines is 2. The van der Waals surface area contributed by atoms with Crippen molar-refractivity contribution in [1.82, 2.24) is 0 Å². The average molecular weight is 393 g/mol. The topological polar surface area (TPSA) is 75.7 Å². The van der Waals surface area contributed by atoms with E-state index < -0.39 is 18.5 Å². The van der Waals surface area contributed by atoms with E-state index in [9.17, 15) is 14.4 Å². The van der Waals surface area contributed by atoms with Crippen LogP contribution in [0, 0.1) is 0 Å². The number of halogens is 2. The number of amides is 2. The Kier molecular flexibility index (Phi) is 5.44. The molecule has 26 heavy (non-hydrogen) atoms. The number of carbonyl (C=O) groups is 3. The van der Waals surface area contributed by atoms with E-state index in [1.54, 1.807) is 36.4 Å². The summed E-state index contributed by atoms with van der Waals surface area (Å²) in [6, 6.07) is 11.7. The summed E-state index contributed by atoms with van der Waals surface area (Å²) in [6.07, 6.45) is -0.0830. The molecule has 2 amide bonds. The molecule has 3 rings (SSSR count). The van der Waals surface area contributed by atoms with E-state index in [2.05, 4.69) is 5.32 Å². The molecule has 1 aliphatic rings. The summed E-state index contributed by atoms with van der Waals surface area (Å²) in [5, 5.41) is 3.50. The maximum Gasteiger partial charge on any atom is 0.310 e. The Morgan fingerprint density at radius 1 is 1.15 bits per heavy atom. The van der Waals surface area contributed by atoms with Crippen LogP contribution in [0.2, 0.25) is 10.0 Å². The van der Waals surface area contributed by atoms with Crippen molar-refractivity contribution in [1.29, 1.82) is 0 Å². The fourth-order valence-electron chi connectivity index (χ4n) is 2.55. The summed E-state index contributed by atoms with van der Waals surface area (Å²) in [4.78, 5) is 37.4. The largest absolute Gasteiger partial charge is 0.455 e. The van der Waals surface area contributed by atoms with Crippen LogP contribution in [0.4, 0.5) is 11.4 Å². The second kappa shape index (κ2) is 7.76. The fourth-order valence-corrected chi connectivity index (χ4v) is 3.02. The third-order valence-electron chi connectivity index (χ3n) is 3.78. The van der Waals surface area contributed by atoms with Crippen molar-refractivity contribution < 1.29 is 19.1 Å². The van der Waals surface area contributed by atoms with Gasteiger partial charge in [-0.2, -0.15) is 0 Å². The quantitative estimate of drug-likeness (QED) is 0.811. The van der Waals surface area contributed by atoms with Crippen molar-refractivity contribution in [3.63, 3.8) is 0 Å². The molecule has 134 valence electrons. The number of hydrogen-bond acceptors (Lipinski definition) is 4. The molecule has 6 nitrogen and oxygen atoms in total. The first-order chi connectivity index (χ1) is 12.4. The van der Waals surface area contributed by atoms with Gasteiger partial charge in [0, 0.05) is 10.0 Å². The average Bonchev–Trinajstić information content (AvgIpc) is 2.61. The third-order valence-corrected chi connectivity index (χ3v) is 4.37. The molecule has 0 aromatic heterocycles. The zero-order chi connectivity index (χ0) is 18.7. The summed E-state index contributed by atoms with van der Waals surface area (Å²) >= 11 is 11.8. The predicted octanol–water partition coefficient (Wildman–Crippen LogP) is 3.06. The predicted molar refractivity (Wildman–Crippen MR) is 98.5 cm³/mol. The highest BCUT2D eigenvalue weighted by molar-refractivity contribution is 6.35. The third kappa shape index (κ3) is 4.15. The van der Waals surface area contributed by atoms with Crippen LogP contribution in [0.15, 0.2) is 42.5 Å². The summed E-state index contributed by atoms with van der Waals surface area (Å²) < 4.78 is 5.04. The maximum atomic E-state index is 12.4. The Labute approximate surface area is 159 Å². The minimum Gasteiger partial charge on any atom is -0.455 e. The van der Waals surface area contributed by atoms with Crippen LogP contribution in [-0.2, 0) is 25.5 Å². The first-order valence-corrected chi connectivity index (χ1v) is 8.48. The van der Waals surface area contributed by atoms with E-state index in [1.807, 2.05) is 0 Å². The van der Waals surface area contributed by atoms with E-state index in [0.29, 0.717) is 27.0 Å². The van der Waals surface area contributed by atoms with Gasteiger partial charge in [0.15, 0.2) is 6.61 Å². The van der Waals surface area contributed by atoms with Gasteiger partial charge in [0.05, 0.1) is 17.8 Å².